The Morgan fingerprint density at radius 3 is 2.22 bits per heavy atom. The van der Waals surface area contributed by atoms with Gasteiger partial charge in [-0.05, 0) is 27.8 Å². The van der Waals surface area contributed by atoms with E-state index in [1.165, 1.54) is 11.8 Å². The number of benzene rings is 3. The summed E-state index contributed by atoms with van der Waals surface area (Å²) < 4.78 is 0. The van der Waals surface area contributed by atoms with Crippen molar-refractivity contribution in [3.8, 4) is 22.3 Å². The molecule has 0 radical (unpaired) electrons. The van der Waals surface area contributed by atoms with Crippen LogP contribution in [0.1, 0.15) is 10.8 Å². The number of thioether (sulfide) groups is 1. The third kappa shape index (κ3) is 2.34. The zero-order valence-electron chi connectivity index (χ0n) is 12.3. The van der Waals surface area contributed by atoms with Crippen LogP contribution in [0.3, 0.4) is 0 Å². The summed E-state index contributed by atoms with van der Waals surface area (Å²) in [7, 11) is 0. The zero-order chi connectivity index (χ0) is 15.8. The highest BCUT2D eigenvalue weighted by Gasteiger charge is 2.31. The van der Waals surface area contributed by atoms with Crippen molar-refractivity contribution >= 4 is 17.7 Å². The number of fused-ring (bicyclic) bond motifs is 3. The Balaban J connectivity index is 1.98. The van der Waals surface area contributed by atoms with Gasteiger partial charge in [0.05, 0.1) is 0 Å². The second-order valence-electron chi connectivity index (χ2n) is 5.47. The van der Waals surface area contributed by atoms with Gasteiger partial charge in [0.15, 0.2) is 0 Å². The van der Waals surface area contributed by atoms with Crippen LogP contribution in [-0.4, -0.2) is 11.1 Å². The Labute approximate surface area is 138 Å². The Morgan fingerprint density at radius 1 is 0.783 bits per heavy atom. The lowest BCUT2D eigenvalue weighted by molar-refractivity contribution is -0.136. The Morgan fingerprint density at radius 2 is 1.43 bits per heavy atom. The molecular formula is C20H14O2S. The summed E-state index contributed by atoms with van der Waals surface area (Å²) in [4.78, 5) is 12.8. The van der Waals surface area contributed by atoms with Crippen molar-refractivity contribution in [1.82, 2.24) is 0 Å². The number of rotatable bonds is 2. The molecule has 0 amide bonds. The number of carboxylic acids is 1. The minimum Gasteiger partial charge on any atom is -0.480 e. The predicted octanol–water partition coefficient (Wildman–Crippen LogP) is 5.25. The normalized spacial score (nSPS) is 15.6. The van der Waals surface area contributed by atoms with Crippen molar-refractivity contribution in [3.05, 3.63) is 78.4 Å². The van der Waals surface area contributed by atoms with E-state index in [0.717, 1.165) is 32.7 Å². The van der Waals surface area contributed by atoms with Crippen LogP contribution in [0, 0.1) is 0 Å². The highest BCUT2D eigenvalue weighted by Crippen LogP contribution is 2.52. The van der Waals surface area contributed by atoms with Gasteiger partial charge in [0.1, 0.15) is 5.25 Å². The van der Waals surface area contributed by atoms with Gasteiger partial charge in [-0.25, -0.2) is 0 Å². The van der Waals surface area contributed by atoms with Gasteiger partial charge >= 0.3 is 5.97 Å². The highest BCUT2D eigenvalue weighted by molar-refractivity contribution is 8.00. The molecule has 1 atom stereocenters. The largest absolute Gasteiger partial charge is 0.480 e. The van der Waals surface area contributed by atoms with Crippen molar-refractivity contribution in [3.63, 3.8) is 0 Å². The lowest BCUT2D eigenvalue weighted by atomic mass is 9.93. The molecule has 0 fully saturated rings. The molecule has 1 heterocycles. The molecular weight excluding hydrogens is 304 g/mol. The van der Waals surface area contributed by atoms with Crippen molar-refractivity contribution in [2.45, 2.75) is 10.1 Å². The lowest BCUT2D eigenvalue weighted by Gasteiger charge is -2.26. The van der Waals surface area contributed by atoms with Crippen LogP contribution in [-0.2, 0) is 4.79 Å². The minimum atomic E-state index is -0.795. The highest BCUT2D eigenvalue weighted by atomic mass is 32.2. The second-order valence-corrected chi connectivity index (χ2v) is 6.59. The first-order chi connectivity index (χ1) is 11.3. The van der Waals surface area contributed by atoms with E-state index in [9.17, 15) is 9.90 Å². The van der Waals surface area contributed by atoms with Crippen molar-refractivity contribution in [2.75, 3.05) is 0 Å². The fraction of sp³-hybridized carbons (Fsp3) is 0.0500. The summed E-state index contributed by atoms with van der Waals surface area (Å²) in [6.07, 6.45) is 0. The first-order valence-electron chi connectivity index (χ1n) is 7.43. The van der Waals surface area contributed by atoms with Crippen LogP contribution >= 0.6 is 11.8 Å². The summed E-state index contributed by atoms with van der Waals surface area (Å²) >= 11 is 1.43. The van der Waals surface area contributed by atoms with E-state index in [0.29, 0.717) is 0 Å². The molecule has 1 aliphatic rings. The second kappa shape index (κ2) is 5.60. The number of hydrogen-bond donors (Lipinski definition) is 1. The van der Waals surface area contributed by atoms with Crippen molar-refractivity contribution < 1.29 is 9.90 Å². The first-order valence-corrected chi connectivity index (χ1v) is 8.31. The molecule has 0 bridgehead atoms. The molecule has 0 saturated heterocycles. The van der Waals surface area contributed by atoms with E-state index < -0.39 is 11.2 Å². The van der Waals surface area contributed by atoms with Gasteiger partial charge in [-0.2, -0.15) is 0 Å². The summed E-state index contributed by atoms with van der Waals surface area (Å²) in [5.41, 5.74) is 5.22. The van der Waals surface area contributed by atoms with Gasteiger partial charge in [-0.15, -0.1) is 11.8 Å². The van der Waals surface area contributed by atoms with Crippen molar-refractivity contribution in [2.24, 2.45) is 0 Å². The molecule has 0 aromatic heterocycles. The maximum absolute atomic E-state index is 11.8. The topological polar surface area (TPSA) is 37.3 Å². The molecule has 1 aliphatic heterocycles. The summed E-state index contributed by atoms with van der Waals surface area (Å²) in [5.74, 6) is -0.795. The van der Waals surface area contributed by atoms with Gasteiger partial charge < -0.3 is 5.11 Å². The standard InChI is InChI=1S/C20H14O2S/c21-20(22)19-17-10-5-4-9-15(17)16-12-6-11-14(18(16)23-19)13-7-2-1-3-8-13/h1-12,19H,(H,21,22). The van der Waals surface area contributed by atoms with E-state index in [-0.39, 0.29) is 0 Å². The fourth-order valence-corrected chi connectivity index (χ4v) is 4.34. The number of aliphatic carboxylic acids is 1. The molecule has 0 spiro atoms. The third-order valence-corrected chi connectivity index (χ3v) is 5.46. The number of carbonyl (C=O) groups is 1. The van der Waals surface area contributed by atoms with Crippen LogP contribution in [0.5, 0.6) is 0 Å². The van der Waals surface area contributed by atoms with Crippen molar-refractivity contribution in [1.29, 1.82) is 0 Å². The van der Waals surface area contributed by atoms with Crippen LogP contribution in [0.25, 0.3) is 22.3 Å². The third-order valence-electron chi connectivity index (χ3n) is 4.09. The van der Waals surface area contributed by atoms with E-state index in [1.807, 2.05) is 48.5 Å². The molecule has 3 heteroatoms. The Bertz CT molecular complexity index is 873. The van der Waals surface area contributed by atoms with Crippen LogP contribution < -0.4 is 0 Å². The van der Waals surface area contributed by atoms with Crippen LogP contribution in [0.15, 0.2) is 77.7 Å². The van der Waals surface area contributed by atoms with E-state index in [1.54, 1.807) is 0 Å². The summed E-state index contributed by atoms with van der Waals surface area (Å²) in [6, 6.07) is 24.1. The molecule has 4 rings (SSSR count). The Hall–Kier alpha value is -2.52. The predicted molar refractivity (Wildman–Crippen MR) is 93.5 cm³/mol. The average Bonchev–Trinajstić information content (AvgIpc) is 2.61. The van der Waals surface area contributed by atoms with Gasteiger partial charge in [-0.1, -0.05) is 72.8 Å². The molecule has 3 aromatic rings. The monoisotopic (exact) mass is 318 g/mol. The van der Waals surface area contributed by atoms with Gasteiger partial charge in [0.2, 0.25) is 0 Å². The molecule has 23 heavy (non-hydrogen) atoms. The van der Waals surface area contributed by atoms with Gasteiger partial charge in [0, 0.05) is 4.90 Å². The quantitative estimate of drug-likeness (QED) is 0.701. The first kappa shape index (κ1) is 14.1. The van der Waals surface area contributed by atoms with E-state index in [4.69, 9.17) is 0 Å². The van der Waals surface area contributed by atoms with E-state index >= 15 is 0 Å². The number of carboxylic acid groups (broad SMARTS) is 1. The fourth-order valence-electron chi connectivity index (χ4n) is 3.06. The van der Waals surface area contributed by atoms with Crippen LogP contribution in [0.4, 0.5) is 0 Å². The van der Waals surface area contributed by atoms with E-state index in [2.05, 4.69) is 24.3 Å². The molecule has 3 aromatic carbocycles. The average molecular weight is 318 g/mol. The molecule has 1 N–H and O–H groups in total. The number of hydrogen-bond acceptors (Lipinski definition) is 2. The van der Waals surface area contributed by atoms with Gasteiger partial charge in [0.25, 0.3) is 0 Å². The molecule has 2 nitrogen and oxygen atoms in total. The van der Waals surface area contributed by atoms with Crippen LogP contribution in [0.2, 0.25) is 0 Å². The summed E-state index contributed by atoms with van der Waals surface area (Å²) in [5, 5.41) is 9.09. The lowest BCUT2D eigenvalue weighted by Crippen LogP contribution is -2.13. The molecule has 0 saturated carbocycles. The zero-order valence-corrected chi connectivity index (χ0v) is 13.1. The summed E-state index contributed by atoms with van der Waals surface area (Å²) in [6.45, 7) is 0. The minimum absolute atomic E-state index is 0.566. The smallest absolute Gasteiger partial charge is 0.321 e. The maximum atomic E-state index is 11.8. The molecule has 112 valence electrons. The Kier molecular flexibility index (Phi) is 3.43. The van der Waals surface area contributed by atoms with Gasteiger partial charge in [-0.3, -0.25) is 4.79 Å². The maximum Gasteiger partial charge on any atom is 0.321 e. The molecule has 0 aliphatic carbocycles. The SMILES string of the molecule is O=C(O)C1Sc2c(-c3ccccc3)cccc2-c2ccccc21. The molecule has 1 unspecified atom stereocenters.